The Kier molecular flexibility index (Phi) is 11.9. The summed E-state index contributed by atoms with van der Waals surface area (Å²) in [6, 6.07) is 3.32. The summed E-state index contributed by atoms with van der Waals surface area (Å²) < 4.78 is 5.76. The maximum atomic E-state index is 12.1. The smallest absolute Gasteiger partial charge is 0.261 e. The number of aliphatic hydroxyl groups is 2. The first-order valence-corrected chi connectivity index (χ1v) is 8.93. The van der Waals surface area contributed by atoms with E-state index in [1.807, 2.05) is 37.5 Å². The summed E-state index contributed by atoms with van der Waals surface area (Å²) in [4.78, 5) is 16.8. The molecule has 1 aromatic rings. The van der Waals surface area contributed by atoms with Gasteiger partial charge < -0.3 is 25.2 Å². The molecule has 1 aliphatic rings. The second kappa shape index (κ2) is 12.1. The first-order chi connectivity index (χ1) is 11.4. The molecule has 1 fully saturated rings. The number of carbonyl (C=O) groups excluding carboxylic acids is 1. The fourth-order valence-electron chi connectivity index (χ4n) is 2.88. The highest BCUT2D eigenvalue weighted by molar-refractivity contribution is 7.12. The van der Waals surface area contributed by atoms with Crippen molar-refractivity contribution in [1.29, 1.82) is 0 Å². The molecule has 2 rings (SSSR count). The number of nitrogens with zero attached hydrogens (tertiary/aromatic N) is 2. The van der Waals surface area contributed by atoms with Gasteiger partial charge in [0.1, 0.15) is 12.2 Å². The van der Waals surface area contributed by atoms with Crippen molar-refractivity contribution in [3.05, 3.63) is 22.4 Å². The van der Waals surface area contributed by atoms with E-state index < -0.39 is 12.2 Å². The van der Waals surface area contributed by atoms with Crippen LogP contribution in [0, 0.1) is 0 Å². The zero-order chi connectivity index (χ0) is 17.7. The monoisotopic (exact) mass is 429 g/mol. The van der Waals surface area contributed by atoms with Gasteiger partial charge in [-0.25, -0.2) is 0 Å². The second-order valence-electron chi connectivity index (χ2n) is 6.35. The third-order valence-corrected chi connectivity index (χ3v) is 5.13. The molecule has 2 heterocycles. The molecule has 0 saturated carbocycles. The van der Waals surface area contributed by atoms with Crippen molar-refractivity contribution in [1.82, 2.24) is 15.1 Å². The van der Waals surface area contributed by atoms with Crippen LogP contribution in [0.15, 0.2) is 17.5 Å². The lowest BCUT2D eigenvalue weighted by Crippen LogP contribution is -2.51. The largest absolute Gasteiger partial charge is 0.394 e. The molecule has 10 heteroatoms. The Hall–Kier alpha value is -0.450. The fraction of sp³-hybridized carbons (Fsp3) is 0.688. The Labute approximate surface area is 171 Å². The number of thiophene rings is 1. The first-order valence-electron chi connectivity index (χ1n) is 8.05. The number of hydrogen-bond acceptors (Lipinski definition) is 7. The number of hydrogen-bond donors (Lipinski definition) is 3. The molecule has 0 aromatic carbocycles. The molecule has 0 spiro atoms. The van der Waals surface area contributed by atoms with Gasteiger partial charge in [-0.1, -0.05) is 6.07 Å². The van der Waals surface area contributed by atoms with E-state index in [9.17, 15) is 15.0 Å². The summed E-state index contributed by atoms with van der Waals surface area (Å²) in [5.41, 5.74) is 0. The quantitative estimate of drug-likeness (QED) is 0.551. The molecule has 0 radical (unpaired) electrons. The Bertz CT molecular complexity index is 522. The Morgan fingerprint density at radius 2 is 1.96 bits per heavy atom. The number of nitrogens with one attached hydrogen (secondary N) is 1. The minimum Gasteiger partial charge on any atom is -0.394 e. The molecule has 1 aromatic heterocycles. The van der Waals surface area contributed by atoms with Gasteiger partial charge in [0.2, 0.25) is 0 Å². The van der Waals surface area contributed by atoms with E-state index in [1.165, 1.54) is 11.3 Å². The average Bonchev–Trinajstić information content (AvgIpc) is 3.18. The van der Waals surface area contributed by atoms with Crippen LogP contribution in [0.25, 0.3) is 0 Å². The Morgan fingerprint density at radius 1 is 1.27 bits per heavy atom. The predicted octanol–water partition coefficient (Wildman–Crippen LogP) is 0.304. The number of amides is 1. The molecular weight excluding hydrogens is 401 g/mol. The molecule has 7 nitrogen and oxygen atoms in total. The van der Waals surface area contributed by atoms with Crippen LogP contribution in [0.1, 0.15) is 9.67 Å². The lowest BCUT2D eigenvalue weighted by Gasteiger charge is -2.31. The molecule has 4 atom stereocenters. The number of aliphatic hydroxyl groups excluding tert-OH is 2. The molecule has 1 amide bonds. The predicted molar refractivity (Wildman–Crippen MR) is 108 cm³/mol. The topological polar surface area (TPSA) is 85.3 Å². The van der Waals surface area contributed by atoms with Crippen LogP contribution in [0.2, 0.25) is 0 Å². The van der Waals surface area contributed by atoms with Crippen LogP contribution in [0.3, 0.4) is 0 Å². The van der Waals surface area contributed by atoms with Crippen molar-refractivity contribution in [2.75, 3.05) is 47.4 Å². The third kappa shape index (κ3) is 6.61. The number of likely N-dealkylation sites (N-methyl/N-ethyl adjacent to an activating group) is 2. The molecule has 0 aliphatic carbocycles. The highest BCUT2D eigenvalue weighted by atomic mass is 35.5. The molecule has 1 saturated heterocycles. The highest BCUT2D eigenvalue weighted by Crippen LogP contribution is 2.25. The molecule has 3 N–H and O–H groups in total. The van der Waals surface area contributed by atoms with E-state index in [0.29, 0.717) is 11.4 Å². The van der Waals surface area contributed by atoms with Gasteiger partial charge in [-0.05, 0) is 32.6 Å². The lowest BCUT2D eigenvalue weighted by molar-refractivity contribution is -0.0209. The van der Waals surface area contributed by atoms with Crippen molar-refractivity contribution < 1.29 is 19.7 Å². The van der Waals surface area contributed by atoms with Gasteiger partial charge in [-0.2, -0.15) is 0 Å². The van der Waals surface area contributed by atoms with Crippen LogP contribution in [0.4, 0.5) is 0 Å². The van der Waals surface area contributed by atoms with E-state index in [2.05, 4.69) is 10.2 Å². The van der Waals surface area contributed by atoms with Crippen molar-refractivity contribution in [3.8, 4) is 0 Å². The molecule has 26 heavy (non-hydrogen) atoms. The Morgan fingerprint density at radius 3 is 2.50 bits per heavy atom. The number of rotatable bonds is 8. The van der Waals surface area contributed by atoms with Crippen molar-refractivity contribution >= 4 is 42.1 Å². The van der Waals surface area contributed by atoms with Gasteiger partial charge in [-0.15, -0.1) is 36.2 Å². The summed E-state index contributed by atoms with van der Waals surface area (Å²) in [6.07, 6.45) is -1.78. The minimum absolute atomic E-state index is 0. The summed E-state index contributed by atoms with van der Waals surface area (Å²) in [7, 11) is 5.91. The van der Waals surface area contributed by atoms with Gasteiger partial charge in [0.15, 0.2) is 0 Å². The molecule has 152 valence electrons. The lowest BCUT2D eigenvalue weighted by atomic mass is 10.0. The van der Waals surface area contributed by atoms with E-state index in [4.69, 9.17) is 4.74 Å². The zero-order valence-electron chi connectivity index (χ0n) is 15.2. The van der Waals surface area contributed by atoms with E-state index in [-0.39, 0.29) is 49.5 Å². The molecule has 0 unspecified atom stereocenters. The van der Waals surface area contributed by atoms with Gasteiger partial charge in [0.25, 0.3) is 5.91 Å². The number of carbonyl (C=O) groups is 1. The van der Waals surface area contributed by atoms with Crippen LogP contribution >= 0.6 is 36.2 Å². The summed E-state index contributed by atoms with van der Waals surface area (Å²) in [6.45, 7) is 1.65. The second-order valence-corrected chi connectivity index (χ2v) is 7.30. The van der Waals surface area contributed by atoms with Gasteiger partial charge in [0, 0.05) is 19.6 Å². The van der Waals surface area contributed by atoms with Gasteiger partial charge >= 0.3 is 0 Å². The van der Waals surface area contributed by atoms with Crippen molar-refractivity contribution in [2.24, 2.45) is 0 Å². The van der Waals surface area contributed by atoms with Crippen molar-refractivity contribution in [2.45, 2.75) is 24.4 Å². The van der Waals surface area contributed by atoms with Gasteiger partial charge in [-0.3, -0.25) is 9.69 Å². The average molecular weight is 430 g/mol. The summed E-state index contributed by atoms with van der Waals surface area (Å²) >= 11 is 1.38. The summed E-state index contributed by atoms with van der Waals surface area (Å²) in [5, 5.41) is 24.6. The molecule has 1 aliphatic heterocycles. The standard InChI is InChI=1S/C16H27N3O4S.2ClH/c1-18(2)6-7-19(3)14-11(23-12(10-20)15(14)21)9-17-16(22)13-5-4-8-24-13;;/h4-5,8,11-12,14-15,20-21H,6-7,9-10H2,1-3H3,(H,17,22);2*1H/t11-,12+,14+,15-;;/m1../s1. The van der Waals surface area contributed by atoms with E-state index in [1.54, 1.807) is 6.07 Å². The fourth-order valence-corrected chi connectivity index (χ4v) is 3.52. The maximum Gasteiger partial charge on any atom is 0.261 e. The summed E-state index contributed by atoms with van der Waals surface area (Å²) in [5.74, 6) is -0.148. The zero-order valence-corrected chi connectivity index (χ0v) is 17.6. The SMILES string of the molecule is CN(C)CCN(C)[C@@H]1[C@H](O)[C@H](CO)O[C@@H]1CNC(=O)c1cccs1.Cl.Cl. The number of ether oxygens (including phenoxy) is 1. The van der Waals surface area contributed by atoms with E-state index >= 15 is 0 Å². The van der Waals surface area contributed by atoms with E-state index in [0.717, 1.165) is 13.1 Å². The van der Waals surface area contributed by atoms with Crippen LogP contribution < -0.4 is 5.32 Å². The van der Waals surface area contributed by atoms with Gasteiger partial charge in [0.05, 0.1) is 23.6 Å². The highest BCUT2D eigenvalue weighted by Gasteiger charge is 2.45. The first kappa shape index (κ1) is 25.6. The number of halogens is 2. The van der Waals surface area contributed by atoms with Crippen LogP contribution in [-0.4, -0.2) is 97.7 Å². The van der Waals surface area contributed by atoms with Crippen LogP contribution in [0.5, 0.6) is 0 Å². The Balaban J connectivity index is 0.00000312. The van der Waals surface area contributed by atoms with Crippen molar-refractivity contribution in [3.63, 3.8) is 0 Å². The van der Waals surface area contributed by atoms with Crippen LogP contribution in [-0.2, 0) is 4.74 Å². The molecule has 0 bridgehead atoms. The minimum atomic E-state index is -0.786. The maximum absolute atomic E-state index is 12.1. The third-order valence-electron chi connectivity index (χ3n) is 4.26. The molecular formula is C16H29Cl2N3O4S. The normalized spacial score (nSPS) is 25.0.